The largest absolute Gasteiger partial charge is 0.324 e. The van der Waals surface area contributed by atoms with Gasteiger partial charge in [0.2, 0.25) is 0 Å². The topological polar surface area (TPSA) is 77.7 Å². The first-order chi connectivity index (χ1) is 12.5. The number of thioether (sulfide) groups is 1. The fourth-order valence-corrected chi connectivity index (χ4v) is 4.68. The molecular weight excluding hydrogens is 462 g/mol. The average molecular weight is 477 g/mol. The van der Waals surface area contributed by atoms with Crippen LogP contribution in [0.3, 0.4) is 0 Å². The number of imidazole rings is 1. The molecular formula is C16H15BrF2N4O2S2. The zero-order valence-corrected chi connectivity index (χ0v) is 17.8. The molecule has 144 valence electrons. The Hall–Kier alpha value is -1.59. The Morgan fingerprint density at radius 2 is 1.96 bits per heavy atom. The molecule has 0 aliphatic carbocycles. The van der Waals surface area contributed by atoms with Gasteiger partial charge in [0.05, 0.1) is 27.9 Å². The summed E-state index contributed by atoms with van der Waals surface area (Å²) in [4.78, 5) is 12.8. The fourth-order valence-electron chi connectivity index (χ4n) is 2.50. The van der Waals surface area contributed by atoms with Crippen LogP contribution in [-0.4, -0.2) is 38.9 Å². The summed E-state index contributed by atoms with van der Waals surface area (Å²) in [5, 5.41) is -2.83. The third-order valence-electron chi connectivity index (χ3n) is 3.77. The number of sulfone groups is 1. The van der Waals surface area contributed by atoms with Gasteiger partial charge in [-0.25, -0.2) is 18.4 Å². The number of hydrogen-bond donors (Lipinski definition) is 0. The summed E-state index contributed by atoms with van der Waals surface area (Å²) >= 11 is 3.57. The summed E-state index contributed by atoms with van der Waals surface area (Å²) in [6, 6.07) is 2.94. The lowest BCUT2D eigenvalue weighted by Gasteiger charge is -2.09. The van der Waals surface area contributed by atoms with Crippen molar-refractivity contribution in [1.82, 2.24) is 19.5 Å². The first-order valence-corrected chi connectivity index (χ1v) is 11.1. The summed E-state index contributed by atoms with van der Waals surface area (Å²) in [6.45, 7) is 2.34. The molecule has 6 nitrogen and oxygen atoms in total. The summed E-state index contributed by atoms with van der Waals surface area (Å²) < 4.78 is 53.6. The quantitative estimate of drug-likeness (QED) is 0.511. The van der Waals surface area contributed by atoms with Gasteiger partial charge in [-0.1, -0.05) is 6.92 Å². The molecule has 0 fully saturated rings. The molecule has 3 rings (SSSR count). The maximum atomic E-state index is 13.2. The van der Waals surface area contributed by atoms with E-state index in [-0.39, 0.29) is 21.4 Å². The molecule has 3 heterocycles. The molecule has 3 aromatic heterocycles. The standard InChI is InChI=1S/C16H15BrF2N4O2S2/c1-4-27(24,25)12-5-9(17)7-21-14(12)15-22-10-6-13(26-16(2,18)19)20-8-11(10)23(15)3/h5-8H,4H2,1-3H3. The van der Waals surface area contributed by atoms with Crippen LogP contribution in [0, 0.1) is 0 Å². The van der Waals surface area contributed by atoms with Gasteiger partial charge in [-0.15, -0.1) is 0 Å². The van der Waals surface area contributed by atoms with Crippen molar-refractivity contribution in [3.8, 4) is 11.5 Å². The molecule has 0 bridgehead atoms. The number of rotatable bonds is 5. The Morgan fingerprint density at radius 3 is 2.59 bits per heavy atom. The first-order valence-electron chi connectivity index (χ1n) is 7.80. The van der Waals surface area contributed by atoms with Gasteiger partial charge in [0.1, 0.15) is 10.7 Å². The third kappa shape index (κ3) is 4.14. The number of pyridine rings is 2. The molecule has 11 heteroatoms. The summed E-state index contributed by atoms with van der Waals surface area (Å²) in [7, 11) is -1.86. The second-order valence-electron chi connectivity index (χ2n) is 5.82. The van der Waals surface area contributed by atoms with Crippen molar-refractivity contribution in [2.45, 2.75) is 29.0 Å². The monoisotopic (exact) mass is 476 g/mol. The third-order valence-corrected chi connectivity index (χ3v) is 6.74. The molecule has 0 saturated heterocycles. The minimum Gasteiger partial charge on any atom is -0.324 e. The van der Waals surface area contributed by atoms with Gasteiger partial charge in [0.25, 0.3) is 5.25 Å². The Labute approximate surface area is 167 Å². The molecule has 0 aromatic carbocycles. The van der Waals surface area contributed by atoms with E-state index in [0.717, 1.165) is 6.92 Å². The number of nitrogens with zero attached hydrogens (tertiary/aromatic N) is 4. The van der Waals surface area contributed by atoms with Crippen molar-refractivity contribution in [3.63, 3.8) is 0 Å². The van der Waals surface area contributed by atoms with Crippen molar-refractivity contribution in [3.05, 3.63) is 29.0 Å². The molecule has 0 aliphatic rings. The molecule has 0 amide bonds. The molecule has 0 saturated carbocycles. The van der Waals surface area contributed by atoms with Gasteiger partial charge in [-0.3, -0.25) is 4.98 Å². The van der Waals surface area contributed by atoms with Crippen LogP contribution in [0.5, 0.6) is 0 Å². The Bertz CT molecular complexity index is 1130. The smallest absolute Gasteiger partial charge is 0.296 e. The molecule has 0 aliphatic heterocycles. The lowest BCUT2D eigenvalue weighted by atomic mass is 10.3. The van der Waals surface area contributed by atoms with Crippen LogP contribution in [0.15, 0.2) is 38.9 Å². The summed E-state index contributed by atoms with van der Waals surface area (Å²) in [5.74, 6) is 0.229. The van der Waals surface area contributed by atoms with Crippen LogP contribution in [0.2, 0.25) is 0 Å². The van der Waals surface area contributed by atoms with Gasteiger partial charge in [0, 0.05) is 24.6 Å². The van der Waals surface area contributed by atoms with E-state index in [4.69, 9.17) is 0 Å². The van der Waals surface area contributed by atoms with Crippen LogP contribution < -0.4 is 0 Å². The van der Waals surface area contributed by atoms with Crippen molar-refractivity contribution in [1.29, 1.82) is 0 Å². The highest BCUT2D eigenvalue weighted by molar-refractivity contribution is 9.10. The van der Waals surface area contributed by atoms with E-state index in [1.807, 2.05) is 0 Å². The number of hydrogen-bond acceptors (Lipinski definition) is 6. The normalized spacial score (nSPS) is 12.7. The van der Waals surface area contributed by atoms with Gasteiger partial charge >= 0.3 is 0 Å². The fraction of sp³-hybridized carbons (Fsp3) is 0.312. The maximum Gasteiger partial charge on any atom is 0.296 e. The number of aryl methyl sites for hydroxylation is 1. The molecule has 27 heavy (non-hydrogen) atoms. The minimum atomic E-state index is -3.55. The number of aromatic nitrogens is 4. The highest BCUT2D eigenvalue weighted by Crippen LogP contribution is 2.36. The molecule has 0 unspecified atom stereocenters. The van der Waals surface area contributed by atoms with E-state index in [1.54, 1.807) is 18.5 Å². The maximum absolute atomic E-state index is 13.2. The molecule has 0 atom stereocenters. The molecule has 0 spiro atoms. The lowest BCUT2D eigenvalue weighted by Crippen LogP contribution is -2.08. The second-order valence-corrected chi connectivity index (χ2v) is 10.3. The van der Waals surface area contributed by atoms with Crippen LogP contribution in [-0.2, 0) is 16.9 Å². The Balaban J connectivity index is 2.20. The summed E-state index contributed by atoms with van der Waals surface area (Å²) in [6.07, 6.45) is 2.92. The first kappa shape index (κ1) is 20.2. The predicted molar refractivity (Wildman–Crippen MR) is 104 cm³/mol. The summed E-state index contributed by atoms with van der Waals surface area (Å²) in [5.41, 5.74) is 1.21. The predicted octanol–water partition coefficient (Wildman–Crippen LogP) is 4.29. The van der Waals surface area contributed by atoms with Crippen LogP contribution in [0.25, 0.3) is 22.6 Å². The number of fused-ring (bicyclic) bond motifs is 1. The van der Waals surface area contributed by atoms with Crippen LogP contribution >= 0.6 is 27.7 Å². The van der Waals surface area contributed by atoms with Gasteiger partial charge in [-0.2, -0.15) is 8.78 Å². The highest BCUT2D eigenvalue weighted by Gasteiger charge is 2.26. The molecule has 0 radical (unpaired) electrons. The van der Waals surface area contributed by atoms with Gasteiger partial charge in [-0.05, 0) is 39.8 Å². The Morgan fingerprint density at radius 1 is 1.26 bits per heavy atom. The van der Waals surface area contributed by atoms with Crippen molar-refractivity contribution < 1.29 is 17.2 Å². The van der Waals surface area contributed by atoms with Crippen molar-refractivity contribution >= 4 is 48.6 Å². The minimum absolute atomic E-state index is 0.0560. The average Bonchev–Trinajstić information content (AvgIpc) is 2.89. The van der Waals surface area contributed by atoms with Crippen molar-refractivity contribution in [2.24, 2.45) is 7.05 Å². The van der Waals surface area contributed by atoms with E-state index in [1.165, 1.54) is 24.5 Å². The van der Waals surface area contributed by atoms with Gasteiger partial charge < -0.3 is 4.57 Å². The van der Waals surface area contributed by atoms with E-state index >= 15 is 0 Å². The second kappa shape index (κ2) is 7.10. The highest BCUT2D eigenvalue weighted by atomic mass is 79.9. The van der Waals surface area contributed by atoms with E-state index in [9.17, 15) is 17.2 Å². The zero-order chi connectivity index (χ0) is 20.0. The molecule has 0 N–H and O–H groups in total. The van der Waals surface area contributed by atoms with Crippen molar-refractivity contribution in [2.75, 3.05) is 5.75 Å². The SMILES string of the molecule is CCS(=O)(=O)c1cc(Br)cnc1-c1nc2cc(SC(C)(F)F)ncc2n1C. The number of halogens is 3. The van der Waals surface area contributed by atoms with E-state index in [2.05, 4.69) is 30.9 Å². The lowest BCUT2D eigenvalue weighted by molar-refractivity contribution is 0.129. The zero-order valence-electron chi connectivity index (χ0n) is 14.6. The van der Waals surface area contributed by atoms with E-state index < -0.39 is 15.1 Å². The van der Waals surface area contributed by atoms with E-state index in [0.29, 0.717) is 33.1 Å². The van der Waals surface area contributed by atoms with Crippen LogP contribution in [0.4, 0.5) is 8.78 Å². The molecule has 3 aromatic rings. The number of alkyl halides is 2. The van der Waals surface area contributed by atoms with Crippen LogP contribution in [0.1, 0.15) is 13.8 Å². The van der Waals surface area contributed by atoms with Gasteiger partial charge in [0.15, 0.2) is 15.7 Å². The Kier molecular flexibility index (Phi) is 5.30.